The molecule has 0 radical (unpaired) electrons. The molecule has 1 aliphatic rings. The number of fused-ring (bicyclic) bond motifs is 1. The van der Waals surface area contributed by atoms with E-state index in [2.05, 4.69) is 0 Å². The predicted molar refractivity (Wildman–Crippen MR) is 146 cm³/mol. The molecule has 0 spiro atoms. The van der Waals surface area contributed by atoms with Gasteiger partial charge in [0.05, 0.1) is 38.5 Å². The van der Waals surface area contributed by atoms with E-state index in [1.807, 2.05) is 0 Å². The number of aliphatic hydroxyl groups excluding tert-OH is 1. The van der Waals surface area contributed by atoms with E-state index in [9.17, 15) is 19.5 Å². The van der Waals surface area contributed by atoms with Crippen LogP contribution in [0, 0.1) is 0 Å². The lowest BCUT2D eigenvalue weighted by Crippen LogP contribution is -2.30. The van der Waals surface area contributed by atoms with E-state index in [1.165, 1.54) is 32.3 Å². The van der Waals surface area contributed by atoms with Crippen molar-refractivity contribution in [3.05, 3.63) is 106 Å². The Morgan fingerprint density at radius 1 is 0.975 bits per heavy atom. The van der Waals surface area contributed by atoms with E-state index in [0.717, 1.165) is 0 Å². The summed E-state index contributed by atoms with van der Waals surface area (Å²) in [5.41, 5.74) is 1.77. The molecule has 1 aromatic heterocycles. The highest BCUT2D eigenvalue weighted by molar-refractivity contribution is 6.31. The Morgan fingerprint density at radius 3 is 2.30 bits per heavy atom. The summed E-state index contributed by atoms with van der Waals surface area (Å²) in [4.78, 5) is 40.5. The van der Waals surface area contributed by atoms with Crippen molar-refractivity contribution in [3.63, 3.8) is 0 Å². The van der Waals surface area contributed by atoms with Crippen molar-refractivity contribution in [1.82, 2.24) is 4.90 Å². The summed E-state index contributed by atoms with van der Waals surface area (Å²) in [5.74, 6) is -1.72. The topological polar surface area (TPSA) is 116 Å². The third kappa shape index (κ3) is 4.76. The number of carbonyl (C=O) groups is 3. The first-order valence-electron chi connectivity index (χ1n) is 12.1. The molecule has 3 aromatic carbocycles. The van der Waals surface area contributed by atoms with Crippen molar-refractivity contribution >= 4 is 40.2 Å². The molecule has 40 heavy (non-hydrogen) atoms. The molecule has 204 valence electrons. The van der Waals surface area contributed by atoms with Crippen LogP contribution in [0.25, 0.3) is 11.0 Å². The lowest BCUT2D eigenvalue weighted by molar-refractivity contribution is -0.130. The minimum absolute atomic E-state index is 0.0430. The molecule has 1 aliphatic heterocycles. The zero-order chi connectivity index (χ0) is 28.6. The molecule has 1 atom stereocenters. The van der Waals surface area contributed by atoms with Crippen LogP contribution >= 0.6 is 11.6 Å². The highest BCUT2D eigenvalue weighted by Gasteiger charge is 2.44. The minimum Gasteiger partial charge on any atom is -0.503 e. The van der Waals surface area contributed by atoms with Gasteiger partial charge >= 0.3 is 5.97 Å². The minimum atomic E-state index is -0.940. The van der Waals surface area contributed by atoms with E-state index < -0.39 is 29.5 Å². The van der Waals surface area contributed by atoms with Gasteiger partial charge in [-0.1, -0.05) is 35.9 Å². The maximum atomic E-state index is 13.9. The van der Waals surface area contributed by atoms with Crippen molar-refractivity contribution in [2.45, 2.75) is 12.6 Å². The fourth-order valence-electron chi connectivity index (χ4n) is 4.72. The number of aliphatic hydroxyl groups is 1. The number of hydrogen-bond donors (Lipinski definition) is 1. The quantitative estimate of drug-likeness (QED) is 0.216. The van der Waals surface area contributed by atoms with Crippen LogP contribution in [0.3, 0.4) is 0 Å². The van der Waals surface area contributed by atoms with Crippen LogP contribution in [-0.4, -0.2) is 49.0 Å². The number of hydrogen-bond acceptors (Lipinski definition) is 8. The third-order valence-electron chi connectivity index (χ3n) is 6.70. The number of benzene rings is 3. The van der Waals surface area contributed by atoms with Gasteiger partial charge < -0.3 is 28.6 Å². The second-order valence-electron chi connectivity index (χ2n) is 9.03. The summed E-state index contributed by atoms with van der Waals surface area (Å²) in [6.07, 6.45) is 0. The maximum Gasteiger partial charge on any atom is 0.337 e. The standard InChI is InChI=1S/C30H24ClNO8/c1-37-21-10-8-17(9-11-21)25-24(26(33)22-13-19-12-20(31)14-23(38-2)28(19)40-22)27(34)29(35)32(25)15-16-4-6-18(7-5-16)30(36)39-3/h4-14,25,34H,15H2,1-3H3. The van der Waals surface area contributed by atoms with Gasteiger partial charge in [-0.15, -0.1) is 0 Å². The van der Waals surface area contributed by atoms with Crippen LogP contribution in [0.4, 0.5) is 0 Å². The molecular formula is C30H24ClNO8. The lowest BCUT2D eigenvalue weighted by Gasteiger charge is -2.27. The smallest absolute Gasteiger partial charge is 0.337 e. The molecule has 4 aromatic rings. The number of ketones is 1. The largest absolute Gasteiger partial charge is 0.503 e. The SMILES string of the molecule is COC(=O)c1ccc(CN2C(=O)C(O)=C(C(=O)c3cc4cc(Cl)cc(OC)c4o3)C2c2ccc(OC)cc2)cc1. The molecule has 5 rings (SSSR count). The number of furan rings is 1. The van der Waals surface area contributed by atoms with Crippen LogP contribution in [0.15, 0.2) is 82.5 Å². The van der Waals surface area contributed by atoms with E-state index in [0.29, 0.717) is 44.2 Å². The van der Waals surface area contributed by atoms with Gasteiger partial charge in [-0.25, -0.2) is 4.79 Å². The van der Waals surface area contributed by atoms with Gasteiger partial charge in [0.15, 0.2) is 22.9 Å². The van der Waals surface area contributed by atoms with Crippen LogP contribution in [0.1, 0.15) is 38.1 Å². The number of methoxy groups -OCH3 is 3. The first kappa shape index (κ1) is 26.8. The Labute approximate surface area is 234 Å². The van der Waals surface area contributed by atoms with Gasteiger partial charge in [0.25, 0.3) is 5.91 Å². The molecule has 0 bridgehead atoms. The van der Waals surface area contributed by atoms with E-state index in [4.69, 9.17) is 30.2 Å². The van der Waals surface area contributed by atoms with Crippen molar-refractivity contribution in [1.29, 1.82) is 0 Å². The zero-order valence-corrected chi connectivity index (χ0v) is 22.5. The molecule has 1 N–H and O–H groups in total. The summed E-state index contributed by atoms with van der Waals surface area (Å²) < 4.78 is 21.2. The predicted octanol–water partition coefficient (Wildman–Crippen LogP) is 5.67. The first-order valence-corrected chi connectivity index (χ1v) is 12.5. The first-order chi connectivity index (χ1) is 19.2. The van der Waals surface area contributed by atoms with Crippen molar-refractivity contribution in [3.8, 4) is 11.5 Å². The van der Waals surface area contributed by atoms with Crippen LogP contribution in [0.2, 0.25) is 5.02 Å². The Balaban J connectivity index is 1.56. The second kappa shape index (κ2) is 10.8. The van der Waals surface area contributed by atoms with Crippen molar-refractivity contribution < 1.29 is 38.1 Å². The van der Waals surface area contributed by atoms with Gasteiger partial charge in [0.1, 0.15) is 5.75 Å². The van der Waals surface area contributed by atoms with Crippen molar-refractivity contribution in [2.24, 2.45) is 0 Å². The van der Waals surface area contributed by atoms with Crippen LogP contribution in [0.5, 0.6) is 11.5 Å². The normalized spacial score (nSPS) is 15.1. The van der Waals surface area contributed by atoms with E-state index >= 15 is 0 Å². The van der Waals surface area contributed by atoms with Gasteiger partial charge in [0.2, 0.25) is 5.78 Å². The molecule has 1 unspecified atom stereocenters. The Morgan fingerprint density at radius 2 is 1.68 bits per heavy atom. The lowest BCUT2D eigenvalue weighted by atomic mass is 9.94. The summed E-state index contributed by atoms with van der Waals surface area (Å²) in [6.45, 7) is 0.0430. The second-order valence-corrected chi connectivity index (χ2v) is 9.46. The molecule has 9 nitrogen and oxygen atoms in total. The summed E-state index contributed by atoms with van der Waals surface area (Å²) >= 11 is 6.18. The van der Waals surface area contributed by atoms with Crippen LogP contribution in [-0.2, 0) is 16.1 Å². The fraction of sp³-hybridized carbons (Fsp3) is 0.167. The molecule has 1 amide bonds. The number of halogens is 1. The van der Waals surface area contributed by atoms with E-state index in [-0.39, 0.29) is 17.9 Å². The zero-order valence-electron chi connectivity index (χ0n) is 21.8. The molecule has 0 aliphatic carbocycles. The van der Waals surface area contributed by atoms with Gasteiger partial charge in [-0.2, -0.15) is 0 Å². The Bertz CT molecular complexity index is 1650. The van der Waals surface area contributed by atoms with E-state index in [1.54, 1.807) is 60.7 Å². The summed E-state index contributed by atoms with van der Waals surface area (Å²) in [7, 11) is 4.27. The van der Waals surface area contributed by atoms with Crippen molar-refractivity contribution in [2.75, 3.05) is 21.3 Å². The number of Topliss-reactive ketones (excluding diaryl/α,β-unsaturated/α-hetero) is 1. The average molecular weight is 562 g/mol. The third-order valence-corrected chi connectivity index (χ3v) is 6.92. The summed E-state index contributed by atoms with van der Waals surface area (Å²) in [5, 5.41) is 12.0. The Kier molecular flexibility index (Phi) is 7.23. The maximum absolute atomic E-state index is 13.9. The number of carbonyl (C=O) groups excluding carboxylic acids is 3. The molecule has 0 saturated heterocycles. The highest BCUT2D eigenvalue weighted by Crippen LogP contribution is 2.42. The molecule has 0 saturated carbocycles. The molecule has 10 heteroatoms. The summed E-state index contributed by atoms with van der Waals surface area (Å²) in [6, 6.07) is 17.1. The molecule has 0 fully saturated rings. The van der Waals surface area contributed by atoms with Gasteiger partial charge in [-0.3, -0.25) is 9.59 Å². The Hall–Kier alpha value is -4.76. The number of ether oxygens (including phenoxy) is 3. The average Bonchev–Trinajstić information content (AvgIpc) is 3.51. The van der Waals surface area contributed by atoms with Gasteiger partial charge in [-0.05, 0) is 47.5 Å². The number of nitrogens with zero attached hydrogens (tertiary/aromatic N) is 1. The highest BCUT2D eigenvalue weighted by atomic mass is 35.5. The number of amides is 1. The van der Waals surface area contributed by atoms with Crippen LogP contribution < -0.4 is 9.47 Å². The number of rotatable bonds is 8. The molecular weight excluding hydrogens is 538 g/mol. The number of esters is 1. The fourth-order valence-corrected chi connectivity index (χ4v) is 4.94. The molecule has 2 heterocycles. The van der Waals surface area contributed by atoms with Gasteiger partial charge in [0, 0.05) is 23.0 Å². The monoisotopic (exact) mass is 561 g/mol.